The van der Waals surface area contributed by atoms with Gasteiger partial charge >= 0.3 is 5.97 Å². The molecule has 188 valence electrons. The van der Waals surface area contributed by atoms with Crippen LogP contribution in [0.3, 0.4) is 0 Å². The third kappa shape index (κ3) is 5.03. The van der Waals surface area contributed by atoms with Gasteiger partial charge < -0.3 is 23.9 Å². The Balaban J connectivity index is 1.48. The Morgan fingerprint density at radius 2 is 2.00 bits per heavy atom. The van der Waals surface area contributed by atoms with Crippen molar-refractivity contribution in [2.45, 2.75) is 57.4 Å². The van der Waals surface area contributed by atoms with Gasteiger partial charge in [-0.05, 0) is 57.1 Å². The number of piperidine rings is 1. The molecule has 2 bridgehead atoms. The first-order valence-electron chi connectivity index (χ1n) is 12.8. The molecular formula is C27H40N2O5. The predicted octanol–water partition coefficient (Wildman–Crippen LogP) is 4.04. The van der Waals surface area contributed by atoms with E-state index < -0.39 is 5.41 Å². The van der Waals surface area contributed by atoms with E-state index >= 15 is 0 Å². The van der Waals surface area contributed by atoms with Crippen LogP contribution in [-0.2, 0) is 35.6 Å². The molecule has 0 amide bonds. The highest BCUT2D eigenvalue weighted by atomic mass is 16.7. The number of esters is 1. The zero-order valence-corrected chi connectivity index (χ0v) is 20.9. The topological polar surface area (TPSA) is 73.0 Å². The second-order valence-electron chi connectivity index (χ2n) is 9.63. The fourth-order valence-corrected chi connectivity index (χ4v) is 5.95. The highest BCUT2D eigenvalue weighted by molar-refractivity contribution is 5.91. The van der Waals surface area contributed by atoms with Crippen molar-refractivity contribution in [1.29, 1.82) is 0 Å². The van der Waals surface area contributed by atoms with Crippen molar-refractivity contribution in [3.05, 3.63) is 35.5 Å². The minimum atomic E-state index is -0.657. The van der Waals surface area contributed by atoms with Gasteiger partial charge in [-0.1, -0.05) is 24.6 Å². The van der Waals surface area contributed by atoms with E-state index in [1.165, 1.54) is 10.9 Å². The lowest BCUT2D eigenvalue weighted by Crippen LogP contribution is -2.59. The smallest absolute Gasteiger partial charge is 0.319 e. The van der Waals surface area contributed by atoms with E-state index in [2.05, 4.69) is 41.1 Å². The van der Waals surface area contributed by atoms with Crippen LogP contribution >= 0.6 is 0 Å². The molecule has 3 unspecified atom stereocenters. The summed E-state index contributed by atoms with van der Waals surface area (Å²) in [5.74, 6) is 0.361. The number of methoxy groups -OCH3 is 1. The first-order valence-corrected chi connectivity index (χ1v) is 12.8. The Kier molecular flexibility index (Phi) is 8.64. The normalized spacial score (nSPS) is 26.3. The summed E-state index contributed by atoms with van der Waals surface area (Å²) in [5, 5.41) is 1.24. The van der Waals surface area contributed by atoms with E-state index in [0.29, 0.717) is 39.1 Å². The Morgan fingerprint density at radius 1 is 1.18 bits per heavy atom. The number of fused-ring (bicyclic) bond motifs is 6. The molecule has 34 heavy (non-hydrogen) atoms. The van der Waals surface area contributed by atoms with Crippen LogP contribution in [0, 0.1) is 5.92 Å². The maximum atomic E-state index is 13.7. The number of hydrogen-bond acceptors (Lipinski definition) is 6. The van der Waals surface area contributed by atoms with Crippen molar-refractivity contribution in [2.75, 3.05) is 53.4 Å². The molecule has 3 heterocycles. The average Bonchev–Trinajstić information content (AvgIpc) is 3.19. The Labute approximate surface area is 203 Å². The number of H-pyrrole nitrogens is 1. The standard InChI is InChI=1S/C27H40N2O5/c1-4-34-26(30)27-17-21(9-7-8-14-32-19-33-16-15-31-3)18-29(20(27)2)13-12-23-22-10-5-6-11-24(22)28-25(23)27/h5-6,10-11,20-21,28H,4,7-9,12-19H2,1-3H3/t20?,21-,27?/m0/s1. The first-order chi connectivity index (χ1) is 16.6. The number of nitrogens with zero attached hydrogens (tertiary/aromatic N) is 1. The van der Waals surface area contributed by atoms with Gasteiger partial charge in [0.25, 0.3) is 0 Å². The van der Waals surface area contributed by atoms with Crippen LogP contribution in [-0.4, -0.2) is 75.3 Å². The second kappa shape index (κ2) is 11.7. The van der Waals surface area contributed by atoms with E-state index in [1.54, 1.807) is 7.11 Å². The van der Waals surface area contributed by atoms with Crippen molar-refractivity contribution in [2.24, 2.45) is 5.92 Å². The highest BCUT2D eigenvalue weighted by Gasteiger charge is 2.56. The van der Waals surface area contributed by atoms with Crippen molar-refractivity contribution in [1.82, 2.24) is 9.88 Å². The number of carbonyl (C=O) groups excluding carboxylic acids is 1. The summed E-state index contributed by atoms with van der Waals surface area (Å²) in [7, 11) is 1.66. The molecule has 0 radical (unpaired) electrons. The summed E-state index contributed by atoms with van der Waals surface area (Å²) in [6.45, 7) is 8.66. The number of benzene rings is 1. The fraction of sp³-hybridized carbons (Fsp3) is 0.667. The molecule has 2 aromatic rings. The van der Waals surface area contributed by atoms with E-state index in [4.69, 9.17) is 18.9 Å². The van der Waals surface area contributed by atoms with E-state index in [9.17, 15) is 4.79 Å². The molecule has 1 aromatic heterocycles. The average molecular weight is 473 g/mol. The number of aromatic nitrogens is 1. The second-order valence-corrected chi connectivity index (χ2v) is 9.63. The Morgan fingerprint density at radius 3 is 2.82 bits per heavy atom. The third-order valence-corrected chi connectivity index (χ3v) is 7.66. The van der Waals surface area contributed by atoms with E-state index in [0.717, 1.165) is 56.4 Å². The minimum absolute atomic E-state index is 0.0801. The van der Waals surface area contributed by atoms with Crippen molar-refractivity contribution in [3.63, 3.8) is 0 Å². The van der Waals surface area contributed by atoms with Gasteiger partial charge in [0.2, 0.25) is 0 Å². The van der Waals surface area contributed by atoms with Crippen molar-refractivity contribution < 1.29 is 23.7 Å². The maximum absolute atomic E-state index is 13.7. The zero-order chi connectivity index (χ0) is 24.0. The van der Waals surface area contributed by atoms with Crippen LogP contribution in [0.2, 0.25) is 0 Å². The molecule has 7 heteroatoms. The van der Waals surface area contributed by atoms with Gasteiger partial charge in [0.15, 0.2) is 0 Å². The van der Waals surface area contributed by atoms with Gasteiger partial charge in [-0.15, -0.1) is 0 Å². The fourth-order valence-electron chi connectivity index (χ4n) is 5.95. The van der Waals surface area contributed by atoms with Crippen LogP contribution in [0.25, 0.3) is 10.9 Å². The third-order valence-electron chi connectivity index (χ3n) is 7.66. The lowest BCUT2D eigenvalue weighted by Gasteiger charge is -2.48. The minimum Gasteiger partial charge on any atom is -0.465 e. The lowest BCUT2D eigenvalue weighted by molar-refractivity contribution is -0.157. The SMILES string of the molecule is CCOC(=O)C12C[C@H](CCCCOCOCCOC)CN(CCc3c1[nH]c1ccccc31)C2C. The number of para-hydroxylation sites is 1. The number of rotatable bonds is 12. The van der Waals surface area contributed by atoms with Gasteiger partial charge in [-0.25, -0.2) is 0 Å². The molecule has 1 saturated heterocycles. The van der Waals surface area contributed by atoms with Gasteiger partial charge in [0, 0.05) is 49.4 Å². The summed E-state index contributed by atoms with van der Waals surface area (Å²) < 4.78 is 21.7. The largest absolute Gasteiger partial charge is 0.465 e. The molecule has 0 saturated carbocycles. The van der Waals surface area contributed by atoms with Crippen LogP contribution in [0.5, 0.6) is 0 Å². The predicted molar refractivity (Wildman–Crippen MR) is 132 cm³/mol. The number of nitrogens with one attached hydrogen (secondary N) is 1. The molecule has 7 nitrogen and oxygen atoms in total. The molecule has 0 spiro atoms. The summed E-state index contributed by atoms with van der Waals surface area (Å²) in [6.07, 6.45) is 4.92. The van der Waals surface area contributed by atoms with Gasteiger partial charge in [0.1, 0.15) is 12.2 Å². The molecule has 0 aliphatic carbocycles. The molecule has 4 rings (SSSR count). The van der Waals surface area contributed by atoms with E-state index in [-0.39, 0.29) is 12.0 Å². The molecule has 1 N–H and O–H groups in total. The van der Waals surface area contributed by atoms with Crippen LogP contribution < -0.4 is 0 Å². The number of hydrogen-bond donors (Lipinski definition) is 1. The summed E-state index contributed by atoms with van der Waals surface area (Å²) in [4.78, 5) is 19.9. The van der Waals surface area contributed by atoms with Crippen LogP contribution in [0.1, 0.15) is 50.8 Å². The van der Waals surface area contributed by atoms with Crippen LogP contribution in [0.15, 0.2) is 24.3 Å². The van der Waals surface area contributed by atoms with Crippen molar-refractivity contribution >= 4 is 16.9 Å². The van der Waals surface area contributed by atoms with Crippen LogP contribution in [0.4, 0.5) is 0 Å². The Bertz CT molecular complexity index is 944. The summed E-state index contributed by atoms with van der Waals surface area (Å²) >= 11 is 0. The Hall–Kier alpha value is -1.93. The molecular weight excluding hydrogens is 432 g/mol. The first kappa shape index (κ1) is 25.2. The summed E-state index contributed by atoms with van der Waals surface area (Å²) in [5.41, 5.74) is 2.84. The monoisotopic (exact) mass is 472 g/mol. The molecule has 2 aliphatic rings. The molecule has 1 aromatic carbocycles. The quantitative estimate of drug-likeness (QED) is 0.286. The molecule has 4 atom stereocenters. The zero-order valence-electron chi connectivity index (χ0n) is 20.9. The lowest BCUT2D eigenvalue weighted by atomic mass is 9.67. The van der Waals surface area contributed by atoms with Gasteiger partial charge in [0.05, 0.1) is 19.8 Å². The van der Waals surface area contributed by atoms with Gasteiger partial charge in [-0.2, -0.15) is 0 Å². The number of unbranched alkanes of at least 4 members (excludes halogenated alkanes) is 1. The van der Waals surface area contributed by atoms with Crippen molar-refractivity contribution in [3.8, 4) is 0 Å². The number of aromatic amines is 1. The highest BCUT2D eigenvalue weighted by Crippen LogP contribution is 2.48. The van der Waals surface area contributed by atoms with E-state index in [1.807, 2.05) is 6.92 Å². The molecule has 1 fully saturated rings. The molecule has 2 aliphatic heterocycles. The summed E-state index contributed by atoms with van der Waals surface area (Å²) in [6, 6.07) is 8.53. The van der Waals surface area contributed by atoms with Gasteiger partial charge in [-0.3, -0.25) is 9.69 Å². The number of ether oxygens (including phenoxy) is 4. The number of carbonyl (C=O) groups is 1. The maximum Gasteiger partial charge on any atom is 0.319 e.